The molecule has 6 heteroatoms. The topological polar surface area (TPSA) is 68.3 Å². The van der Waals surface area contributed by atoms with E-state index in [4.69, 9.17) is 4.98 Å². The number of anilines is 1. The molecule has 2 aromatic heterocycles. The van der Waals surface area contributed by atoms with Gasteiger partial charge in [-0.1, -0.05) is 11.6 Å². The number of fused-ring (bicyclic) bond motifs is 1. The largest absolute Gasteiger partial charge is 0.391 e. The zero-order valence-electron chi connectivity index (χ0n) is 16.7. The molecule has 28 heavy (non-hydrogen) atoms. The van der Waals surface area contributed by atoms with Gasteiger partial charge in [0, 0.05) is 43.3 Å². The highest BCUT2D eigenvalue weighted by Crippen LogP contribution is 2.28. The average Bonchev–Trinajstić information content (AvgIpc) is 3.19. The van der Waals surface area contributed by atoms with E-state index in [1.54, 1.807) is 0 Å². The number of hydrogen-bond donors (Lipinski definition) is 2. The van der Waals surface area contributed by atoms with Crippen molar-refractivity contribution < 1.29 is 5.11 Å². The van der Waals surface area contributed by atoms with E-state index in [-0.39, 0.29) is 6.10 Å². The Labute approximate surface area is 166 Å². The number of likely N-dealkylation sites (N-methyl/N-ethyl adjacent to an activating group) is 1. The Kier molecular flexibility index (Phi) is 5.59. The fraction of sp³-hybridized carbons (Fsp3) is 0.455. The molecule has 1 aromatic carbocycles. The number of β-amino-alcohol motifs (C(OH)–C–C–N with tert-alkyl or cyclic N) is 1. The van der Waals surface area contributed by atoms with Crippen molar-refractivity contribution in [2.24, 2.45) is 0 Å². The second-order valence-corrected chi connectivity index (χ2v) is 8.00. The molecule has 1 aliphatic rings. The summed E-state index contributed by atoms with van der Waals surface area (Å²) < 4.78 is 0. The molecule has 1 atom stereocenters. The molecule has 1 aliphatic heterocycles. The van der Waals surface area contributed by atoms with Crippen LogP contribution < -0.4 is 4.90 Å². The molecule has 6 nitrogen and oxygen atoms in total. The van der Waals surface area contributed by atoms with E-state index in [1.807, 2.05) is 12.4 Å². The molecule has 0 radical (unpaired) electrons. The van der Waals surface area contributed by atoms with Crippen molar-refractivity contribution in [3.05, 3.63) is 53.3 Å². The van der Waals surface area contributed by atoms with Crippen LogP contribution in [-0.4, -0.2) is 58.0 Å². The van der Waals surface area contributed by atoms with Crippen LogP contribution >= 0.6 is 0 Å². The molecule has 2 N–H and O–H groups in total. The molecule has 1 fully saturated rings. The number of H-pyrrole nitrogens is 1. The maximum atomic E-state index is 10.2. The number of nitrogens with one attached hydrogen (secondary N) is 1. The lowest BCUT2D eigenvalue weighted by molar-refractivity contribution is 0.153. The highest BCUT2D eigenvalue weighted by atomic mass is 16.3. The van der Waals surface area contributed by atoms with Gasteiger partial charge in [-0.25, -0.2) is 4.98 Å². The molecule has 4 rings (SSSR count). The van der Waals surface area contributed by atoms with Crippen LogP contribution in [0.4, 0.5) is 5.82 Å². The van der Waals surface area contributed by atoms with Crippen LogP contribution in [-0.2, 0) is 13.0 Å². The summed E-state index contributed by atoms with van der Waals surface area (Å²) in [5.41, 5.74) is 4.71. The molecule has 148 valence electrons. The van der Waals surface area contributed by atoms with Crippen molar-refractivity contribution in [2.45, 2.75) is 38.8 Å². The highest BCUT2D eigenvalue weighted by molar-refractivity contribution is 5.82. The maximum Gasteiger partial charge on any atom is 0.133 e. The van der Waals surface area contributed by atoms with Gasteiger partial charge >= 0.3 is 0 Å². The summed E-state index contributed by atoms with van der Waals surface area (Å²) in [5, 5.41) is 18.2. The van der Waals surface area contributed by atoms with Crippen LogP contribution in [0.15, 0.2) is 36.7 Å². The third-order valence-electron chi connectivity index (χ3n) is 5.50. The molecule has 1 saturated heterocycles. The summed E-state index contributed by atoms with van der Waals surface area (Å²) in [4.78, 5) is 9.60. The number of hydrogen-bond acceptors (Lipinski definition) is 5. The van der Waals surface area contributed by atoms with Gasteiger partial charge in [-0.3, -0.25) is 5.10 Å². The van der Waals surface area contributed by atoms with Crippen molar-refractivity contribution in [1.82, 2.24) is 20.1 Å². The van der Waals surface area contributed by atoms with Crippen molar-refractivity contribution in [2.75, 3.05) is 31.6 Å². The van der Waals surface area contributed by atoms with Gasteiger partial charge in [0.15, 0.2) is 0 Å². The van der Waals surface area contributed by atoms with Crippen LogP contribution in [0, 0.1) is 6.92 Å². The minimum atomic E-state index is -0.268. The molecular weight excluding hydrogens is 350 g/mol. The number of rotatable bonds is 6. The molecule has 1 unspecified atom stereocenters. The second-order valence-electron chi connectivity index (χ2n) is 8.00. The fourth-order valence-electron chi connectivity index (χ4n) is 3.97. The smallest absolute Gasteiger partial charge is 0.133 e. The second kappa shape index (κ2) is 8.29. The van der Waals surface area contributed by atoms with Gasteiger partial charge < -0.3 is 14.9 Å². The summed E-state index contributed by atoms with van der Waals surface area (Å²) in [6, 6.07) is 8.69. The third-order valence-corrected chi connectivity index (χ3v) is 5.50. The zero-order valence-corrected chi connectivity index (χ0v) is 16.7. The number of benzene rings is 1. The number of aliphatic hydroxyl groups excluding tert-OH is 1. The molecule has 3 heterocycles. The minimum absolute atomic E-state index is 0.268. The lowest BCUT2D eigenvalue weighted by Crippen LogP contribution is -2.39. The highest BCUT2D eigenvalue weighted by Gasteiger charge is 2.22. The molecule has 0 amide bonds. The van der Waals surface area contributed by atoms with E-state index in [1.165, 1.54) is 22.1 Å². The molecule has 0 saturated carbocycles. The van der Waals surface area contributed by atoms with Crippen LogP contribution in [0.2, 0.25) is 0 Å². The number of piperidine rings is 1. The van der Waals surface area contributed by atoms with Gasteiger partial charge in [0.1, 0.15) is 5.82 Å². The van der Waals surface area contributed by atoms with Gasteiger partial charge in [-0.15, -0.1) is 0 Å². The molecular formula is C22H29N5O. The normalized spacial score (nSPS) is 17.6. The quantitative estimate of drug-likeness (QED) is 0.689. The first-order valence-electron chi connectivity index (χ1n) is 10.1. The first kappa shape index (κ1) is 18.9. The summed E-state index contributed by atoms with van der Waals surface area (Å²) >= 11 is 0. The Morgan fingerprint density at radius 3 is 3.00 bits per heavy atom. The first-order valence-corrected chi connectivity index (χ1v) is 10.1. The number of nitrogens with zero attached hydrogens (tertiary/aromatic N) is 4. The lowest BCUT2D eigenvalue weighted by atomic mass is 10.1. The standard InChI is InChI=1S/C22H29N5O/c1-16-5-6-21-18(10-16)11-19(14-26(2)9-7-17-12-23-24-13-17)22(25-21)27-8-3-4-20(28)15-27/h5-6,10-13,20,28H,3-4,7-9,14-15H2,1-2H3,(H,23,24). The zero-order chi connectivity index (χ0) is 19.5. The van der Waals surface area contributed by atoms with Gasteiger partial charge in [0.25, 0.3) is 0 Å². The minimum Gasteiger partial charge on any atom is -0.391 e. The Balaban J connectivity index is 1.60. The maximum absolute atomic E-state index is 10.2. The first-order chi connectivity index (χ1) is 13.6. The number of pyridine rings is 1. The molecule has 0 spiro atoms. The van der Waals surface area contributed by atoms with Crippen LogP contribution in [0.1, 0.15) is 29.5 Å². The Hall–Kier alpha value is -2.44. The molecule has 0 bridgehead atoms. The molecule has 0 aliphatic carbocycles. The van der Waals surface area contributed by atoms with Crippen molar-refractivity contribution in [1.29, 1.82) is 0 Å². The summed E-state index contributed by atoms with van der Waals surface area (Å²) in [6.45, 7) is 5.51. The number of aliphatic hydroxyl groups is 1. The third kappa shape index (κ3) is 4.34. The Bertz CT molecular complexity index is 924. The number of aromatic nitrogens is 3. The Morgan fingerprint density at radius 1 is 1.32 bits per heavy atom. The Morgan fingerprint density at radius 2 is 2.21 bits per heavy atom. The van der Waals surface area contributed by atoms with Gasteiger partial charge in [0.05, 0.1) is 17.8 Å². The van der Waals surface area contributed by atoms with Gasteiger partial charge in [-0.05, 0) is 57.0 Å². The van der Waals surface area contributed by atoms with Crippen LogP contribution in [0.3, 0.4) is 0 Å². The van der Waals surface area contributed by atoms with E-state index in [0.717, 1.165) is 50.2 Å². The predicted octanol–water partition coefficient (Wildman–Crippen LogP) is 2.90. The van der Waals surface area contributed by atoms with E-state index in [0.29, 0.717) is 6.54 Å². The monoisotopic (exact) mass is 379 g/mol. The SMILES string of the molecule is Cc1ccc2nc(N3CCCC(O)C3)c(CN(C)CCc3cn[nH]c3)cc2c1. The predicted molar refractivity (Wildman–Crippen MR) is 113 cm³/mol. The van der Waals surface area contributed by atoms with Crippen molar-refractivity contribution in [3.63, 3.8) is 0 Å². The lowest BCUT2D eigenvalue weighted by Gasteiger charge is -2.33. The summed E-state index contributed by atoms with van der Waals surface area (Å²) in [7, 11) is 2.15. The van der Waals surface area contributed by atoms with Crippen LogP contribution in [0.25, 0.3) is 10.9 Å². The van der Waals surface area contributed by atoms with Gasteiger partial charge in [0.2, 0.25) is 0 Å². The summed E-state index contributed by atoms with van der Waals surface area (Å²) in [6.07, 6.45) is 6.42. The summed E-state index contributed by atoms with van der Waals surface area (Å²) in [5.74, 6) is 1.02. The van der Waals surface area contributed by atoms with E-state index in [9.17, 15) is 5.11 Å². The van der Waals surface area contributed by atoms with E-state index >= 15 is 0 Å². The molecule has 3 aromatic rings. The number of aromatic amines is 1. The van der Waals surface area contributed by atoms with E-state index in [2.05, 4.69) is 58.2 Å². The number of aryl methyl sites for hydroxylation is 1. The van der Waals surface area contributed by atoms with E-state index < -0.39 is 0 Å². The van der Waals surface area contributed by atoms with Crippen molar-refractivity contribution in [3.8, 4) is 0 Å². The average molecular weight is 380 g/mol. The fourth-order valence-corrected chi connectivity index (χ4v) is 3.97. The van der Waals surface area contributed by atoms with Crippen LogP contribution in [0.5, 0.6) is 0 Å². The van der Waals surface area contributed by atoms with Gasteiger partial charge in [-0.2, -0.15) is 5.10 Å². The van der Waals surface area contributed by atoms with Crippen molar-refractivity contribution >= 4 is 16.7 Å².